The number of sulfone groups is 1. The Bertz CT molecular complexity index is 362. The van der Waals surface area contributed by atoms with Crippen LogP contribution in [0.4, 0.5) is 0 Å². The number of carbonyl (C=O) groups excluding carboxylic acids is 1. The lowest BCUT2D eigenvalue weighted by Gasteiger charge is -2.35. The monoisotopic (exact) mass is 231 g/mol. The largest absolute Gasteiger partial charge is 0.356 e. The first-order valence-corrected chi connectivity index (χ1v) is 7.21. The molecule has 1 N–H and O–H groups in total. The molecule has 86 valence electrons. The molecule has 0 aliphatic carbocycles. The van der Waals surface area contributed by atoms with Crippen LogP contribution in [0, 0.1) is 11.3 Å². The predicted molar refractivity (Wildman–Crippen MR) is 57.1 cm³/mol. The van der Waals surface area contributed by atoms with Crippen molar-refractivity contribution in [2.24, 2.45) is 11.3 Å². The summed E-state index contributed by atoms with van der Waals surface area (Å²) in [4.78, 5) is 11.2. The fourth-order valence-electron chi connectivity index (χ4n) is 2.67. The molecule has 2 fully saturated rings. The van der Waals surface area contributed by atoms with Crippen molar-refractivity contribution in [2.75, 3.05) is 18.1 Å². The maximum atomic E-state index is 11.3. The zero-order valence-corrected chi connectivity index (χ0v) is 9.77. The van der Waals surface area contributed by atoms with Gasteiger partial charge in [-0.15, -0.1) is 0 Å². The zero-order chi connectivity index (χ0) is 11.1. The van der Waals surface area contributed by atoms with E-state index in [-0.39, 0.29) is 11.3 Å². The van der Waals surface area contributed by atoms with Gasteiger partial charge in [-0.1, -0.05) is 6.92 Å². The number of hydrogen-bond donors (Lipinski definition) is 1. The third kappa shape index (κ3) is 2.17. The van der Waals surface area contributed by atoms with Crippen molar-refractivity contribution in [1.82, 2.24) is 5.32 Å². The third-order valence-corrected chi connectivity index (χ3v) is 5.51. The molecule has 1 unspecified atom stereocenters. The lowest BCUT2D eigenvalue weighted by Crippen LogP contribution is -2.36. The minimum atomic E-state index is -2.79. The van der Waals surface area contributed by atoms with Crippen molar-refractivity contribution in [2.45, 2.75) is 26.2 Å². The van der Waals surface area contributed by atoms with E-state index in [1.807, 2.05) is 0 Å². The van der Waals surface area contributed by atoms with Crippen molar-refractivity contribution in [1.29, 1.82) is 0 Å². The Morgan fingerprint density at radius 1 is 1.33 bits per heavy atom. The van der Waals surface area contributed by atoms with Gasteiger partial charge < -0.3 is 5.32 Å². The normalized spacial score (nSPS) is 36.5. The Morgan fingerprint density at radius 2 is 1.93 bits per heavy atom. The third-order valence-electron chi connectivity index (χ3n) is 3.79. The van der Waals surface area contributed by atoms with E-state index >= 15 is 0 Å². The summed E-state index contributed by atoms with van der Waals surface area (Å²) in [6.07, 6.45) is 1.99. The van der Waals surface area contributed by atoms with E-state index in [4.69, 9.17) is 0 Å². The topological polar surface area (TPSA) is 63.2 Å². The Hall–Kier alpha value is -0.580. The second-order valence-electron chi connectivity index (χ2n) is 5.03. The number of nitrogens with one attached hydrogen (secondary N) is 1. The smallest absolute Gasteiger partial charge is 0.220 e. The fourth-order valence-corrected chi connectivity index (χ4v) is 4.16. The van der Waals surface area contributed by atoms with Gasteiger partial charge in [-0.3, -0.25) is 4.79 Å². The average molecular weight is 231 g/mol. The van der Waals surface area contributed by atoms with Crippen LogP contribution in [0.25, 0.3) is 0 Å². The molecule has 0 saturated carbocycles. The lowest BCUT2D eigenvalue weighted by molar-refractivity contribution is -0.119. The van der Waals surface area contributed by atoms with Gasteiger partial charge in [0.15, 0.2) is 0 Å². The van der Waals surface area contributed by atoms with Crippen LogP contribution in [0.3, 0.4) is 0 Å². The summed E-state index contributed by atoms with van der Waals surface area (Å²) in [6.45, 7) is 2.80. The predicted octanol–water partition coefficient (Wildman–Crippen LogP) is 0.337. The molecule has 0 aromatic carbocycles. The van der Waals surface area contributed by atoms with E-state index in [0.29, 0.717) is 43.2 Å². The highest BCUT2D eigenvalue weighted by molar-refractivity contribution is 7.91. The molecule has 2 heterocycles. The molecular formula is C10H17NO3S. The van der Waals surface area contributed by atoms with Gasteiger partial charge in [-0.05, 0) is 24.2 Å². The van der Waals surface area contributed by atoms with Gasteiger partial charge in [0.25, 0.3) is 0 Å². The standard InChI is InChI=1S/C10H17NO3S/c1-10(6-9(12)11-7-10)8-2-4-15(13,14)5-3-8/h8H,2-7H2,1H3,(H,11,12). The van der Waals surface area contributed by atoms with E-state index in [2.05, 4.69) is 12.2 Å². The molecule has 5 heteroatoms. The first-order valence-electron chi connectivity index (χ1n) is 5.38. The van der Waals surface area contributed by atoms with E-state index < -0.39 is 9.84 Å². The van der Waals surface area contributed by atoms with Crippen LogP contribution in [0.2, 0.25) is 0 Å². The first kappa shape index (κ1) is 10.9. The Kier molecular flexibility index (Phi) is 2.53. The number of rotatable bonds is 1. The van der Waals surface area contributed by atoms with Gasteiger partial charge in [0.2, 0.25) is 5.91 Å². The van der Waals surface area contributed by atoms with E-state index in [0.717, 1.165) is 0 Å². The van der Waals surface area contributed by atoms with Crippen molar-refractivity contribution < 1.29 is 13.2 Å². The average Bonchev–Trinajstić information content (AvgIpc) is 2.47. The van der Waals surface area contributed by atoms with Crippen LogP contribution in [-0.4, -0.2) is 32.4 Å². The molecule has 0 radical (unpaired) electrons. The maximum Gasteiger partial charge on any atom is 0.220 e. The zero-order valence-electron chi connectivity index (χ0n) is 8.95. The van der Waals surface area contributed by atoms with Gasteiger partial charge in [0, 0.05) is 13.0 Å². The number of amides is 1. The van der Waals surface area contributed by atoms with Crippen LogP contribution in [-0.2, 0) is 14.6 Å². The summed E-state index contributed by atoms with van der Waals surface area (Å²) >= 11 is 0. The van der Waals surface area contributed by atoms with E-state index in [9.17, 15) is 13.2 Å². The summed E-state index contributed by atoms with van der Waals surface area (Å²) in [7, 11) is -2.79. The molecule has 0 bridgehead atoms. The molecule has 0 aromatic heterocycles. The minimum absolute atomic E-state index is 0.0208. The molecule has 2 aliphatic rings. The highest BCUT2D eigenvalue weighted by Gasteiger charge is 2.42. The van der Waals surface area contributed by atoms with Crippen molar-refractivity contribution in [3.05, 3.63) is 0 Å². The van der Waals surface area contributed by atoms with E-state index in [1.54, 1.807) is 0 Å². The van der Waals surface area contributed by atoms with Gasteiger partial charge in [0.05, 0.1) is 11.5 Å². The van der Waals surface area contributed by atoms with Gasteiger partial charge in [0.1, 0.15) is 9.84 Å². The van der Waals surface area contributed by atoms with Gasteiger partial charge in [-0.2, -0.15) is 0 Å². The Balaban J connectivity index is 2.04. The molecule has 1 amide bonds. The second kappa shape index (κ2) is 3.47. The molecule has 2 saturated heterocycles. The highest BCUT2D eigenvalue weighted by atomic mass is 32.2. The molecular weight excluding hydrogens is 214 g/mol. The molecule has 2 rings (SSSR count). The maximum absolute atomic E-state index is 11.3. The minimum Gasteiger partial charge on any atom is -0.356 e. The van der Waals surface area contributed by atoms with Crippen LogP contribution >= 0.6 is 0 Å². The summed E-state index contributed by atoms with van der Waals surface area (Å²) in [5, 5.41) is 2.84. The Morgan fingerprint density at radius 3 is 2.40 bits per heavy atom. The molecule has 0 spiro atoms. The number of carbonyl (C=O) groups is 1. The van der Waals surface area contributed by atoms with Crippen LogP contribution in [0.1, 0.15) is 26.2 Å². The van der Waals surface area contributed by atoms with Gasteiger partial charge in [-0.25, -0.2) is 8.42 Å². The quantitative estimate of drug-likeness (QED) is 0.707. The first-order chi connectivity index (χ1) is 6.91. The summed E-state index contributed by atoms with van der Waals surface area (Å²) < 4.78 is 22.6. The molecule has 0 aromatic rings. The SMILES string of the molecule is CC1(C2CCS(=O)(=O)CC2)CNC(=O)C1. The molecule has 15 heavy (non-hydrogen) atoms. The highest BCUT2D eigenvalue weighted by Crippen LogP contribution is 2.40. The molecule has 1 atom stereocenters. The van der Waals surface area contributed by atoms with Crippen molar-refractivity contribution in [3.8, 4) is 0 Å². The Labute approximate surface area is 90.3 Å². The molecule has 4 nitrogen and oxygen atoms in total. The summed E-state index contributed by atoms with van der Waals surface area (Å²) in [6, 6.07) is 0. The second-order valence-corrected chi connectivity index (χ2v) is 7.34. The fraction of sp³-hybridized carbons (Fsp3) is 0.900. The van der Waals surface area contributed by atoms with Crippen molar-refractivity contribution >= 4 is 15.7 Å². The summed E-state index contributed by atoms with van der Waals surface area (Å²) in [5.41, 5.74) is -0.0208. The van der Waals surface area contributed by atoms with Crippen molar-refractivity contribution in [3.63, 3.8) is 0 Å². The van der Waals surface area contributed by atoms with Crippen LogP contribution in [0.15, 0.2) is 0 Å². The van der Waals surface area contributed by atoms with E-state index in [1.165, 1.54) is 0 Å². The lowest BCUT2D eigenvalue weighted by atomic mass is 9.73. The molecule has 2 aliphatic heterocycles. The van der Waals surface area contributed by atoms with Crippen LogP contribution in [0.5, 0.6) is 0 Å². The van der Waals surface area contributed by atoms with Gasteiger partial charge >= 0.3 is 0 Å². The van der Waals surface area contributed by atoms with Crippen LogP contribution < -0.4 is 5.32 Å². The number of hydrogen-bond acceptors (Lipinski definition) is 3. The summed E-state index contributed by atoms with van der Waals surface area (Å²) in [5.74, 6) is 1.06.